The first-order valence-electron chi connectivity index (χ1n) is 9.10. The molecule has 0 aromatic heterocycles. The van der Waals surface area contributed by atoms with Crippen molar-refractivity contribution in [2.45, 2.75) is 71.3 Å². The third kappa shape index (κ3) is 8.45. The van der Waals surface area contributed by atoms with E-state index in [1.54, 1.807) is 65.8 Å². The lowest BCUT2D eigenvalue weighted by molar-refractivity contribution is -0.142. The molecule has 1 aromatic carbocycles. The van der Waals surface area contributed by atoms with E-state index >= 15 is 0 Å². The van der Waals surface area contributed by atoms with Gasteiger partial charge in [-0.1, -0.05) is 24.3 Å². The van der Waals surface area contributed by atoms with E-state index in [1.165, 1.54) is 7.11 Å². The van der Waals surface area contributed by atoms with Crippen LogP contribution in [0.5, 0.6) is 0 Å². The molecule has 1 aromatic rings. The molecule has 0 saturated heterocycles. The largest absolute Gasteiger partial charge is 0.468 e. The number of hydrogen-bond donors (Lipinski definition) is 1. The molecule has 7 heteroatoms. The summed E-state index contributed by atoms with van der Waals surface area (Å²) in [5, 5.41) is 0. The number of benzene rings is 1. The number of ether oxygens (including phenoxy) is 1. The maximum absolute atomic E-state index is 13.4. The minimum Gasteiger partial charge on any atom is -0.468 e. The van der Waals surface area contributed by atoms with Crippen molar-refractivity contribution in [3.8, 4) is 0 Å². The molecule has 26 heavy (non-hydrogen) atoms. The van der Waals surface area contributed by atoms with Gasteiger partial charge in [-0.25, -0.2) is 0 Å². The number of methoxy groups -OCH3 is 1. The molecule has 6 nitrogen and oxygen atoms in total. The quantitative estimate of drug-likeness (QED) is 0.562. The molecule has 0 amide bonds. The minimum atomic E-state index is -3.77. The van der Waals surface area contributed by atoms with Gasteiger partial charge in [0, 0.05) is 1.37 Å². The van der Waals surface area contributed by atoms with E-state index in [9.17, 15) is 9.36 Å². The number of carbonyl (C=O) groups excluding carboxylic acids is 1. The summed E-state index contributed by atoms with van der Waals surface area (Å²) in [6, 6.07) is 6.10. The lowest BCUT2D eigenvalue weighted by Gasteiger charge is -2.32. The molecule has 0 bridgehead atoms. The first kappa shape index (κ1) is 21.1. The zero-order chi connectivity index (χ0) is 21.0. The molecule has 2 atom stereocenters. The smallest absolute Gasteiger partial charge is 0.336 e. The van der Waals surface area contributed by atoms with Gasteiger partial charge in [-0.2, -0.15) is 0 Å². The molecule has 0 fully saturated rings. The Balaban J connectivity index is 3.06. The van der Waals surface area contributed by atoms with Gasteiger partial charge in [-0.05, 0) is 59.1 Å². The number of nitrogens with two attached hydrogens (primary N) is 1. The van der Waals surface area contributed by atoms with Crippen LogP contribution in [0.25, 0.3) is 0 Å². The van der Waals surface area contributed by atoms with Gasteiger partial charge in [0.1, 0.15) is 6.04 Å². The van der Waals surface area contributed by atoms with Crippen LogP contribution in [0.2, 0.25) is 0 Å². The molecule has 0 aliphatic carbocycles. The number of rotatable bonds is 7. The van der Waals surface area contributed by atoms with Crippen LogP contribution in [0, 0.1) is 0 Å². The van der Waals surface area contributed by atoms with E-state index in [4.69, 9.17) is 16.2 Å². The van der Waals surface area contributed by atoms with E-state index in [2.05, 4.69) is 4.74 Å². The lowest BCUT2D eigenvalue weighted by atomic mass is 10.1. The van der Waals surface area contributed by atoms with Crippen LogP contribution < -0.4 is 5.73 Å². The summed E-state index contributed by atoms with van der Waals surface area (Å²) >= 11 is 0. The molecule has 148 valence electrons. The van der Waals surface area contributed by atoms with Crippen LogP contribution in [-0.2, 0) is 35.7 Å². The first-order valence-corrected chi connectivity index (χ1v) is 10.1. The Morgan fingerprint density at radius 1 is 1.08 bits per heavy atom. The third-order valence-electron chi connectivity index (χ3n) is 3.05. The third-order valence-corrected chi connectivity index (χ3v) is 5.27. The molecule has 0 aliphatic heterocycles. The van der Waals surface area contributed by atoms with Gasteiger partial charge in [0.05, 0.1) is 24.4 Å². The Labute approximate surface area is 158 Å². The topological polar surface area (TPSA) is 87.9 Å². The fourth-order valence-corrected chi connectivity index (χ4v) is 4.45. The van der Waals surface area contributed by atoms with Crippen molar-refractivity contribution in [3.05, 3.63) is 35.4 Å². The summed E-state index contributed by atoms with van der Waals surface area (Å²) in [5.74, 6) is -0.487. The Kier molecular flexibility index (Phi) is 7.03. The van der Waals surface area contributed by atoms with Crippen molar-refractivity contribution in [2.75, 3.05) is 7.11 Å². The van der Waals surface area contributed by atoms with Gasteiger partial charge in [-0.3, -0.25) is 9.36 Å². The van der Waals surface area contributed by atoms with Gasteiger partial charge in [-0.15, -0.1) is 0 Å². The monoisotopic (exact) mass is 386 g/mol. The normalized spacial score (nSPS) is 15.9. The van der Waals surface area contributed by atoms with E-state index in [-0.39, 0.29) is 0 Å². The van der Waals surface area contributed by atoms with Crippen molar-refractivity contribution < 1.29 is 24.5 Å². The number of hydrogen-bond acceptors (Lipinski definition) is 6. The maximum atomic E-state index is 13.4. The second-order valence-electron chi connectivity index (χ2n) is 8.15. The average Bonchev–Trinajstić information content (AvgIpc) is 2.50. The Morgan fingerprint density at radius 3 is 1.88 bits per heavy atom. The van der Waals surface area contributed by atoms with E-state index < -0.39 is 36.9 Å². The van der Waals surface area contributed by atoms with Crippen LogP contribution in [0.1, 0.15) is 54.0 Å². The van der Waals surface area contributed by atoms with Gasteiger partial charge in [0.2, 0.25) is 0 Å². The second-order valence-corrected chi connectivity index (χ2v) is 9.85. The predicted octanol–water partition coefficient (Wildman–Crippen LogP) is 4.05. The second kappa shape index (κ2) is 8.66. The standard InChI is InChI=1S/C19H32NO5P/c1-18(2,3)24-26(22,25-19(4,5)6)13-15-10-8-14(9-11-15)12-16(20)17(21)23-7/h8-11,16H,12-13,20H2,1-7H3/t16-/m0/s1/i13D/t13?,16-. The van der Waals surface area contributed by atoms with E-state index in [0.29, 0.717) is 12.0 Å². The SMILES string of the molecule is [2H]C(c1ccc(C[C@H](N)C(=O)OC)cc1)P(=O)(OC(C)(C)C)OC(C)(C)C. The molecule has 2 N–H and O–H groups in total. The van der Waals surface area contributed by atoms with E-state index in [1.807, 2.05) is 0 Å². The van der Waals surface area contributed by atoms with Gasteiger partial charge < -0.3 is 19.5 Å². The average molecular weight is 386 g/mol. The number of esters is 1. The summed E-state index contributed by atoms with van der Waals surface area (Å²) in [7, 11) is -2.48. The van der Waals surface area contributed by atoms with Crippen molar-refractivity contribution >= 4 is 13.6 Å². The molecule has 0 radical (unpaired) electrons. The summed E-state index contributed by atoms with van der Waals surface area (Å²) in [5.41, 5.74) is 5.63. The predicted molar refractivity (Wildman–Crippen MR) is 103 cm³/mol. The van der Waals surface area contributed by atoms with Crippen LogP contribution in [-0.4, -0.2) is 30.3 Å². The highest BCUT2D eigenvalue weighted by Crippen LogP contribution is 2.56. The van der Waals surface area contributed by atoms with E-state index in [0.717, 1.165) is 5.56 Å². The van der Waals surface area contributed by atoms with Crippen LogP contribution in [0.4, 0.5) is 0 Å². The minimum absolute atomic E-state index is 0.310. The fourth-order valence-electron chi connectivity index (χ4n) is 2.25. The maximum Gasteiger partial charge on any atom is 0.336 e. The fraction of sp³-hybridized carbons (Fsp3) is 0.632. The van der Waals surface area contributed by atoms with Gasteiger partial charge in [0.25, 0.3) is 0 Å². The van der Waals surface area contributed by atoms with Gasteiger partial charge >= 0.3 is 13.6 Å². The van der Waals surface area contributed by atoms with Crippen LogP contribution in [0.3, 0.4) is 0 Å². The highest BCUT2D eigenvalue weighted by atomic mass is 31.2. The Morgan fingerprint density at radius 2 is 1.50 bits per heavy atom. The van der Waals surface area contributed by atoms with Crippen LogP contribution in [0.15, 0.2) is 24.3 Å². The van der Waals surface area contributed by atoms with Crippen molar-refractivity contribution in [1.82, 2.24) is 0 Å². The van der Waals surface area contributed by atoms with Crippen LogP contribution >= 0.6 is 7.60 Å². The summed E-state index contributed by atoms with van der Waals surface area (Å²) in [6.07, 6.45) is -0.885. The van der Waals surface area contributed by atoms with Crippen molar-refractivity contribution in [2.24, 2.45) is 5.73 Å². The molecule has 0 aliphatic rings. The van der Waals surface area contributed by atoms with Crippen molar-refractivity contribution in [1.29, 1.82) is 0 Å². The highest BCUT2D eigenvalue weighted by Gasteiger charge is 2.35. The molecular weight excluding hydrogens is 353 g/mol. The highest BCUT2D eigenvalue weighted by molar-refractivity contribution is 7.53. The number of carbonyl (C=O) groups is 1. The zero-order valence-electron chi connectivity index (χ0n) is 17.7. The Bertz CT molecular complexity index is 659. The first-order chi connectivity index (χ1) is 12.2. The molecule has 1 unspecified atom stereocenters. The van der Waals surface area contributed by atoms with Gasteiger partial charge in [0.15, 0.2) is 0 Å². The molecular formula is C19H32NO5P. The molecule has 0 spiro atoms. The molecule has 0 heterocycles. The molecule has 0 saturated carbocycles. The lowest BCUT2D eigenvalue weighted by Crippen LogP contribution is -2.33. The summed E-state index contributed by atoms with van der Waals surface area (Å²) in [6.45, 7) is 10.6. The Hall–Kier alpha value is -1.20. The zero-order valence-corrected chi connectivity index (χ0v) is 17.6. The molecule has 1 rings (SSSR count). The summed E-state index contributed by atoms with van der Waals surface area (Å²) in [4.78, 5) is 11.4. The summed E-state index contributed by atoms with van der Waals surface area (Å²) < 4.78 is 38.0. The van der Waals surface area contributed by atoms with Crippen molar-refractivity contribution in [3.63, 3.8) is 0 Å².